The van der Waals surface area contributed by atoms with E-state index < -0.39 is 5.97 Å². The minimum absolute atomic E-state index is 0.00594. The fourth-order valence-electron chi connectivity index (χ4n) is 5.02. The molecule has 0 aliphatic carbocycles. The second kappa shape index (κ2) is 29.6. The number of carbonyl (C=O) groups excluding carboxylic acids is 1. The number of esters is 1. The molecule has 0 rings (SSSR count). The normalized spacial score (nSPS) is 12.4. The van der Waals surface area contributed by atoms with Crippen LogP contribution in [0.25, 0.3) is 0 Å². The zero-order chi connectivity index (χ0) is 28.8. The maximum absolute atomic E-state index is 12.4. The van der Waals surface area contributed by atoms with E-state index >= 15 is 0 Å². The van der Waals surface area contributed by atoms with Crippen molar-refractivity contribution in [2.45, 2.75) is 174 Å². The highest BCUT2D eigenvalue weighted by Crippen LogP contribution is 2.18. The van der Waals surface area contributed by atoms with Crippen molar-refractivity contribution in [3.8, 4) is 0 Å². The fraction of sp³-hybridized carbons (Fsp3) is 0.882. The molecule has 0 bridgehead atoms. The van der Waals surface area contributed by atoms with Gasteiger partial charge in [0.25, 0.3) is 0 Å². The smallest absolute Gasteiger partial charge is 0.306 e. The van der Waals surface area contributed by atoms with E-state index in [2.05, 4.69) is 24.0 Å². The molecule has 0 radical (unpaired) electrons. The number of allylic oxidation sites excluding steroid dienone is 2. The van der Waals surface area contributed by atoms with Gasteiger partial charge in [-0.2, -0.15) is 0 Å². The summed E-state index contributed by atoms with van der Waals surface area (Å²) in [5.41, 5.74) is 0. The van der Waals surface area contributed by atoms with Crippen LogP contribution in [0, 0.1) is 0 Å². The van der Waals surface area contributed by atoms with Crippen LogP contribution in [0.2, 0.25) is 0 Å². The first-order valence-corrected chi connectivity index (χ1v) is 16.7. The highest BCUT2D eigenvalue weighted by molar-refractivity contribution is 5.69. The minimum atomic E-state index is -0.676. The van der Waals surface area contributed by atoms with Crippen LogP contribution >= 0.6 is 0 Å². The largest absolute Gasteiger partial charge is 0.481 e. The second-order valence-corrected chi connectivity index (χ2v) is 11.8. The van der Waals surface area contributed by atoms with Crippen LogP contribution in [-0.4, -0.2) is 48.7 Å². The van der Waals surface area contributed by atoms with Gasteiger partial charge in [0.05, 0.1) is 0 Å². The first-order chi connectivity index (χ1) is 19.0. The van der Waals surface area contributed by atoms with E-state index in [9.17, 15) is 9.59 Å². The Morgan fingerprint density at radius 1 is 0.641 bits per heavy atom. The summed E-state index contributed by atoms with van der Waals surface area (Å²) >= 11 is 0. The predicted molar refractivity (Wildman–Crippen MR) is 166 cm³/mol. The molecule has 0 saturated carbocycles. The number of aliphatic carboxylic acids is 1. The van der Waals surface area contributed by atoms with Crippen molar-refractivity contribution in [3.05, 3.63) is 12.2 Å². The summed E-state index contributed by atoms with van der Waals surface area (Å²) < 4.78 is 5.92. The van der Waals surface area contributed by atoms with Gasteiger partial charge >= 0.3 is 11.9 Å². The van der Waals surface area contributed by atoms with E-state index in [0.717, 1.165) is 51.5 Å². The molecule has 5 heteroatoms. The van der Waals surface area contributed by atoms with Crippen LogP contribution in [0.3, 0.4) is 0 Å². The van der Waals surface area contributed by atoms with Gasteiger partial charge in [0.15, 0.2) is 0 Å². The number of rotatable bonds is 30. The lowest BCUT2D eigenvalue weighted by Crippen LogP contribution is -2.20. The van der Waals surface area contributed by atoms with Gasteiger partial charge in [-0.3, -0.25) is 9.59 Å². The van der Waals surface area contributed by atoms with Crippen molar-refractivity contribution in [2.24, 2.45) is 0 Å². The van der Waals surface area contributed by atoms with Crippen molar-refractivity contribution in [2.75, 3.05) is 20.6 Å². The summed E-state index contributed by atoms with van der Waals surface area (Å²) in [7, 11) is 4.09. The lowest BCUT2D eigenvalue weighted by atomic mass is 10.0. The fourth-order valence-corrected chi connectivity index (χ4v) is 5.02. The van der Waals surface area contributed by atoms with E-state index in [-0.39, 0.29) is 12.1 Å². The summed E-state index contributed by atoms with van der Waals surface area (Å²) in [4.78, 5) is 25.0. The average Bonchev–Trinajstić information content (AvgIpc) is 2.89. The third-order valence-corrected chi connectivity index (χ3v) is 7.49. The van der Waals surface area contributed by atoms with E-state index in [1.165, 1.54) is 103 Å². The molecule has 0 spiro atoms. The highest BCUT2D eigenvalue weighted by atomic mass is 16.5. The maximum Gasteiger partial charge on any atom is 0.306 e. The van der Waals surface area contributed by atoms with Crippen molar-refractivity contribution in [1.82, 2.24) is 4.90 Å². The molecule has 1 N–H and O–H groups in total. The molecular formula is C34H65NO4. The second-order valence-electron chi connectivity index (χ2n) is 11.8. The molecule has 230 valence electrons. The number of hydrogen-bond acceptors (Lipinski definition) is 4. The number of nitrogens with zero attached hydrogens (tertiary/aromatic N) is 1. The molecule has 0 aromatic carbocycles. The number of hydrogen-bond donors (Lipinski definition) is 1. The van der Waals surface area contributed by atoms with Crippen LogP contribution in [0.1, 0.15) is 167 Å². The molecule has 0 aliphatic rings. The van der Waals surface area contributed by atoms with Gasteiger partial charge in [0, 0.05) is 12.8 Å². The number of carboxylic acids is 1. The average molecular weight is 552 g/mol. The van der Waals surface area contributed by atoms with Gasteiger partial charge in [0.1, 0.15) is 6.10 Å². The number of carbonyl (C=O) groups is 2. The zero-order valence-electron chi connectivity index (χ0n) is 26.2. The number of carboxylic acid groups (broad SMARTS) is 1. The van der Waals surface area contributed by atoms with Crippen LogP contribution in [0.4, 0.5) is 0 Å². The Bertz CT molecular complexity index is 576. The van der Waals surface area contributed by atoms with Crippen LogP contribution in [0.5, 0.6) is 0 Å². The van der Waals surface area contributed by atoms with E-state index in [1.54, 1.807) is 0 Å². The third-order valence-electron chi connectivity index (χ3n) is 7.49. The van der Waals surface area contributed by atoms with Gasteiger partial charge in [-0.15, -0.1) is 0 Å². The number of ether oxygens (including phenoxy) is 1. The Labute approximate surface area is 242 Å². The first-order valence-electron chi connectivity index (χ1n) is 16.7. The van der Waals surface area contributed by atoms with Gasteiger partial charge < -0.3 is 14.7 Å². The molecule has 1 atom stereocenters. The van der Waals surface area contributed by atoms with E-state index in [0.29, 0.717) is 12.8 Å². The Kier molecular flexibility index (Phi) is 28.6. The van der Waals surface area contributed by atoms with Crippen LogP contribution in [-0.2, 0) is 14.3 Å². The standard InChI is InChI=1S/C34H65NO4/c1-4-5-6-7-17-20-23-27-32(39-34(38)30-26-31-35(2)3)28-24-21-18-15-13-11-9-8-10-12-14-16-19-22-25-29-33(36)37/h8,10,32H,4-7,9,11-31H2,1-3H3,(H,36,37). The molecule has 0 amide bonds. The van der Waals surface area contributed by atoms with Crippen molar-refractivity contribution in [1.29, 1.82) is 0 Å². The Balaban J connectivity index is 3.86. The molecular weight excluding hydrogens is 486 g/mol. The maximum atomic E-state index is 12.4. The molecule has 0 heterocycles. The molecule has 0 aromatic heterocycles. The quantitative estimate of drug-likeness (QED) is 0.0546. The SMILES string of the molecule is CCCCCCCCCC(CCCCCCCCC=CCCCCCCCC(=O)O)OC(=O)CCCN(C)C. The monoisotopic (exact) mass is 551 g/mol. The van der Waals surface area contributed by atoms with Gasteiger partial charge in [-0.05, 0) is 84.8 Å². The summed E-state index contributed by atoms with van der Waals surface area (Å²) in [6, 6.07) is 0. The Hall–Kier alpha value is -1.36. The van der Waals surface area contributed by atoms with Crippen molar-refractivity contribution >= 4 is 11.9 Å². The minimum Gasteiger partial charge on any atom is -0.481 e. The molecule has 0 aliphatic heterocycles. The molecule has 0 aromatic rings. The van der Waals surface area contributed by atoms with Crippen molar-refractivity contribution < 1.29 is 19.4 Å². The van der Waals surface area contributed by atoms with Crippen LogP contribution < -0.4 is 0 Å². The van der Waals surface area contributed by atoms with E-state index in [4.69, 9.17) is 9.84 Å². The number of unbranched alkanes of at least 4 members (excludes halogenated alkanes) is 17. The van der Waals surface area contributed by atoms with Crippen molar-refractivity contribution in [3.63, 3.8) is 0 Å². The molecule has 5 nitrogen and oxygen atoms in total. The molecule has 1 unspecified atom stereocenters. The summed E-state index contributed by atoms with van der Waals surface area (Å²) in [5.74, 6) is -0.682. The Morgan fingerprint density at radius 3 is 1.59 bits per heavy atom. The molecule has 0 fully saturated rings. The van der Waals surface area contributed by atoms with Gasteiger partial charge in [-0.1, -0.05) is 103 Å². The highest BCUT2D eigenvalue weighted by Gasteiger charge is 2.14. The molecule has 39 heavy (non-hydrogen) atoms. The van der Waals surface area contributed by atoms with Gasteiger partial charge in [0.2, 0.25) is 0 Å². The molecule has 0 saturated heterocycles. The predicted octanol–water partition coefficient (Wildman–Crippen LogP) is 9.87. The van der Waals surface area contributed by atoms with Gasteiger partial charge in [-0.25, -0.2) is 0 Å². The summed E-state index contributed by atoms with van der Waals surface area (Å²) in [6.07, 6.45) is 33.0. The summed E-state index contributed by atoms with van der Waals surface area (Å²) in [6.45, 7) is 3.20. The van der Waals surface area contributed by atoms with E-state index in [1.807, 2.05) is 14.1 Å². The Morgan fingerprint density at radius 2 is 1.10 bits per heavy atom. The topological polar surface area (TPSA) is 66.8 Å². The zero-order valence-corrected chi connectivity index (χ0v) is 26.2. The van der Waals surface area contributed by atoms with Crippen LogP contribution in [0.15, 0.2) is 12.2 Å². The lowest BCUT2D eigenvalue weighted by molar-refractivity contribution is -0.150. The summed E-state index contributed by atoms with van der Waals surface area (Å²) in [5, 5.41) is 8.64. The first kappa shape index (κ1) is 37.6. The third kappa shape index (κ3) is 31.0. The lowest BCUT2D eigenvalue weighted by Gasteiger charge is -2.18.